The van der Waals surface area contributed by atoms with Crippen LogP contribution in [0.4, 0.5) is 21.5 Å². The SMILES string of the molecule is NC(=O)c1cc2c(Oc3ccc(NC(=O)C4(C(=O)Nc5ccc(F)cc5)CC4)cc3)ccnc2cc1N. The summed E-state index contributed by atoms with van der Waals surface area (Å²) in [5, 5.41) is 6.01. The molecule has 0 radical (unpaired) electrons. The number of nitrogens with zero attached hydrogens (tertiary/aromatic N) is 1. The number of anilines is 3. The summed E-state index contributed by atoms with van der Waals surface area (Å²) in [5.74, 6) is -1.01. The van der Waals surface area contributed by atoms with Crippen molar-refractivity contribution in [2.75, 3.05) is 16.4 Å². The number of hydrogen-bond donors (Lipinski definition) is 4. The molecule has 5 rings (SSSR count). The van der Waals surface area contributed by atoms with Gasteiger partial charge in [0.2, 0.25) is 11.8 Å². The monoisotopic (exact) mass is 499 g/mol. The van der Waals surface area contributed by atoms with Gasteiger partial charge in [0.1, 0.15) is 22.7 Å². The third-order valence-corrected chi connectivity index (χ3v) is 6.20. The lowest BCUT2D eigenvalue weighted by molar-refractivity contribution is -0.131. The number of carbonyl (C=O) groups excluding carboxylic acids is 3. The number of nitrogens with two attached hydrogens (primary N) is 2. The number of halogens is 1. The maximum absolute atomic E-state index is 13.1. The number of carbonyl (C=O) groups is 3. The van der Waals surface area contributed by atoms with Crippen molar-refractivity contribution in [2.45, 2.75) is 12.8 Å². The molecule has 9 nitrogen and oxygen atoms in total. The molecule has 0 aliphatic heterocycles. The van der Waals surface area contributed by atoms with E-state index in [1.54, 1.807) is 42.6 Å². The molecule has 0 saturated heterocycles. The van der Waals surface area contributed by atoms with Gasteiger partial charge >= 0.3 is 0 Å². The van der Waals surface area contributed by atoms with Gasteiger partial charge in [-0.05, 0) is 79.6 Å². The highest BCUT2D eigenvalue weighted by Gasteiger charge is 2.56. The topological polar surface area (TPSA) is 149 Å². The van der Waals surface area contributed by atoms with Crippen LogP contribution >= 0.6 is 0 Å². The zero-order valence-electron chi connectivity index (χ0n) is 19.5. The Bertz CT molecular complexity index is 1530. The third kappa shape index (κ3) is 4.76. The van der Waals surface area contributed by atoms with Gasteiger partial charge in [0.05, 0.1) is 11.1 Å². The van der Waals surface area contributed by atoms with Crippen LogP contribution in [0, 0.1) is 11.2 Å². The molecule has 4 aromatic rings. The molecule has 1 aliphatic rings. The lowest BCUT2D eigenvalue weighted by atomic mass is 10.0. The molecule has 0 bridgehead atoms. The van der Waals surface area contributed by atoms with Gasteiger partial charge < -0.3 is 26.8 Å². The van der Waals surface area contributed by atoms with Gasteiger partial charge in [-0.15, -0.1) is 0 Å². The minimum Gasteiger partial charge on any atom is -0.457 e. The van der Waals surface area contributed by atoms with Crippen LogP contribution in [-0.2, 0) is 9.59 Å². The van der Waals surface area contributed by atoms with Crippen molar-refractivity contribution in [3.8, 4) is 11.5 Å². The number of ether oxygens (including phenoxy) is 1. The lowest BCUT2D eigenvalue weighted by Crippen LogP contribution is -2.35. The highest BCUT2D eigenvalue weighted by atomic mass is 19.1. The van der Waals surface area contributed by atoms with Crippen LogP contribution in [-0.4, -0.2) is 22.7 Å². The van der Waals surface area contributed by atoms with Crippen molar-refractivity contribution in [2.24, 2.45) is 11.1 Å². The molecule has 1 saturated carbocycles. The molecule has 6 N–H and O–H groups in total. The molecule has 1 aromatic heterocycles. The summed E-state index contributed by atoms with van der Waals surface area (Å²) in [6, 6.07) is 16.7. The molecule has 0 spiro atoms. The van der Waals surface area contributed by atoms with E-state index in [1.165, 1.54) is 30.3 Å². The maximum atomic E-state index is 13.1. The first kappa shape index (κ1) is 23.7. The fraction of sp³-hybridized carbons (Fsp3) is 0.111. The van der Waals surface area contributed by atoms with Crippen LogP contribution in [0.25, 0.3) is 10.9 Å². The quantitative estimate of drug-likeness (QED) is 0.221. The fourth-order valence-corrected chi connectivity index (χ4v) is 3.94. The minimum atomic E-state index is -1.17. The molecule has 186 valence electrons. The molecule has 10 heteroatoms. The average Bonchev–Trinajstić information content (AvgIpc) is 3.69. The van der Waals surface area contributed by atoms with Crippen molar-refractivity contribution in [3.05, 3.63) is 84.3 Å². The Morgan fingerprint density at radius 2 is 1.49 bits per heavy atom. The van der Waals surface area contributed by atoms with Gasteiger partial charge in [0, 0.05) is 28.6 Å². The van der Waals surface area contributed by atoms with Gasteiger partial charge in [0.15, 0.2) is 0 Å². The molecule has 0 unspecified atom stereocenters. The Balaban J connectivity index is 1.28. The van der Waals surface area contributed by atoms with Gasteiger partial charge in [-0.25, -0.2) is 4.39 Å². The number of nitrogens with one attached hydrogen (secondary N) is 2. The number of nitrogen functional groups attached to an aromatic ring is 1. The molecule has 3 aromatic carbocycles. The number of aromatic nitrogens is 1. The molecule has 3 amide bonds. The van der Waals surface area contributed by atoms with Crippen molar-refractivity contribution >= 4 is 45.7 Å². The summed E-state index contributed by atoms with van der Waals surface area (Å²) < 4.78 is 19.1. The summed E-state index contributed by atoms with van der Waals surface area (Å²) in [6.45, 7) is 0. The second-order valence-electron chi connectivity index (χ2n) is 8.75. The first-order chi connectivity index (χ1) is 17.7. The van der Waals surface area contributed by atoms with E-state index in [0.717, 1.165) is 0 Å². The van der Waals surface area contributed by atoms with Crippen LogP contribution in [0.5, 0.6) is 11.5 Å². The fourth-order valence-electron chi connectivity index (χ4n) is 3.94. The van der Waals surface area contributed by atoms with Crippen LogP contribution in [0.2, 0.25) is 0 Å². The first-order valence-electron chi connectivity index (χ1n) is 11.4. The van der Waals surface area contributed by atoms with E-state index < -0.39 is 29.0 Å². The predicted octanol–water partition coefficient (Wildman–Crippen LogP) is 4.20. The second kappa shape index (κ2) is 9.23. The number of pyridine rings is 1. The molecular weight excluding hydrogens is 477 g/mol. The number of primary amides is 1. The predicted molar refractivity (Wildman–Crippen MR) is 137 cm³/mol. The van der Waals surface area contributed by atoms with Crippen molar-refractivity contribution in [3.63, 3.8) is 0 Å². The zero-order valence-corrected chi connectivity index (χ0v) is 19.5. The highest BCUT2D eigenvalue weighted by molar-refractivity contribution is 6.17. The largest absolute Gasteiger partial charge is 0.457 e. The highest BCUT2D eigenvalue weighted by Crippen LogP contribution is 2.47. The molecule has 1 heterocycles. The van der Waals surface area contributed by atoms with E-state index in [9.17, 15) is 18.8 Å². The van der Waals surface area contributed by atoms with Crippen molar-refractivity contribution in [1.29, 1.82) is 0 Å². The lowest BCUT2D eigenvalue weighted by Gasteiger charge is -2.16. The number of hydrogen-bond acceptors (Lipinski definition) is 6. The van der Waals surface area contributed by atoms with Crippen LogP contribution < -0.4 is 26.8 Å². The van der Waals surface area contributed by atoms with Gasteiger partial charge in [-0.1, -0.05) is 0 Å². The number of fused-ring (bicyclic) bond motifs is 1. The van der Waals surface area contributed by atoms with E-state index >= 15 is 0 Å². The summed E-state index contributed by atoms with van der Waals surface area (Å²) in [7, 11) is 0. The second-order valence-corrected chi connectivity index (χ2v) is 8.75. The Kier molecular flexibility index (Phi) is 5.92. The van der Waals surface area contributed by atoms with E-state index in [2.05, 4.69) is 15.6 Å². The van der Waals surface area contributed by atoms with E-state index in [4.69, 9.17) is 16.2 Å². The summed E-state index contributed by atoms with van der Waals surface area (Å²) >= 11 is 0. The van der Waals surface area contributed by atoms with E-state index in [1.807, 2.05) is 0 Å². The third-order valence-electron chi connectivity index (χ3n) is 6.20. The van der Waals surface area contributed by atoms with Crippen LogP contribution in [0.1, 0.15) is 23.2 Å². The molecule has 1 fully saturated rings. The molecule has 1 aliphatic carbocycles. The smallest absolute Gasteiger partial charge is 0.250 e. The standard InChI is InChI=1S/C27H22FN5O4/c28-15-1-3-16(4-2-15)32-25(35)27(10-11-27)26(36)33-17-5-7-18(8-6-17)37-23-9-12-31-22-14-21(29)19(24(30)34)13-20(22)23/h1-9,12-14H,10-11,29H2,(H2,30,34)(H,32,35)(H,33,36). The Morgan fingerprint density at radius 3 is 2.05 bits per heavy atom. The average molecular weight is 500 g/mol. The van der Waals surface area contributed by atoms with E-state index in [-0.39, 0.29) is 11.3 Å². The first-order valence-corrected chi connectivity index (χ1v) is 11.4. The molecular formula is C27H22FN5O4. The number of amides is 3. The Hall–Kier alpha value is -4.99. The van der Waals surface area contributed by atoms with Crippen LogP contribution in [0.15, 0.2) is 72.9 Å². The maximum Gasteiger partial charge on any atom is 0.250 e. The van der Waals surface area contributed by atoms with Crippen molar-refractivity contribution < 1.29 is 23.5 Å². The van der Waals surface area contributed by atoms with Crippen LogP contribution in [0.3, 0.4) is 0 Å². The summed E-state index contributed by atoms with van der Waals surface area (Å²) in [4.78, 5) is 41.6. The Morgan fingerprint density at radius 1 is 0.892 bits per heavy atom. The molecule has 0 atom stereocenters. The Labute approximate surface area is 210 Å². The van der Waals surface area contributed by atoms with Gasteiger partial charge in [0.25, 0.3) is 5.91 Å². The number of rotatable bonds is 7. The normalized spacial score (nSPS) is 13.5. The molecule has 37 heavy (non-hydrogen) atoms. The summed E-state index contributed by atoms with van der Waals surface area (Å²) in [6.07, 6.45) is 2.39. The van der Waals surface area contributed by atoms with Crippen molar-refractivity contribution in [1.82, 2.24) is 4.98 Å². The van der Waals surface area contributed by atoms with Gasteiger partial charge in [-0.2, -0.15) is 0 Å². The zero-order chi connectivity index (χ0) is 26.2. The van der Waals surface area contributed by atoms with E-state index in [0.29, 0.717) is 46.6 Å². The summed E-state index contributed by atoms with van der Waals surface area (Å²) in [5.41, 5.74) is 12.0. The number of benzene rings is 3. The van der Waals surface area contributed by atoms with Gasteiger partial charge in [-0.3, -0.25) is 19.4 Å². The minimum absolute atomic E-state index is 0.167.